The first-order chi connectivity index (χ1) is 12.6. The van der Waals surface area contributed by atoms with E-state index in [4.69, 9.17) is 4.74 Å². The van der Waals surface area contributed by atoms with Gasteiger partial charge >= 0.3 is 0 Å². The molecule has 5 nitrogen and oxygen atoms in total. The highest BCUT2D eigenvalue weighted by Crippen LogP contribution is 2.37. The molecule has 1 fully saturated rings. The summed E-state index contributed by atoms with van der Waals surface area (Å²) in [4.78, 5) is 25.9. The van der Waals surface area contributed by atoms with E-state index in [1.807, 2.05) is 48.7 Å². The Hall–Kier alpha value is -2.99. The quantitative estimate of drug-likeness (QED) is 0.644. The van der Waals surface area contributed by atoms with Crippen LogP contribution in [0.3, 0.4) is 0 Å². The first-order valence-electron chi connectivity index (χ1n) is 8.04. The maximum Gasteiger partial charge on any atom is 0.298 e. The van der Waals surface area contributed by atoms with Crippen LogP contribution < -0.4 is 9.64 Å². The normalized spacial score (nSPS) is 14.5. The Balaban J connectivity index is 1.75. The summed E-state index contributed by atoms with van der Waals surface area (Å²) in [6, 6.07) is 15.4. The number of imide groups is 1. The number of nitrogens with zero attached hydrogens (tertiary/aromatic N) is 2. The molecule has 0 aliphatic carbocycles. The third kappa shape index (κ3) is 2.68. The highest BCUT2D eigenvalue weighted by molar-refractivity contribution is 8.18. The van der Waals surface area contributed by atoms with Crippen molar-refractivity contribution in [3.63, 3.8) is 0 Å². The molecule has 0 spiro atoms. The van der Waals surface area contributed by atoms with Gasteiger partial charge in [-0.3, -0.25) is 9.59 Å². The highest BCUT2D eigenvalue weighted by atomic mass is 32.2. The van der Waals surface area contributed by atoms with Crippen LogP contribution in [0.4, 0.5) is 10.5 Å². The molecule has 0 unspecified atom stereocenters. The molecule has 2 aromatic carbocycles. The smallest absolute Gasteiger partial charge is 0.298 e. The Kier molecular flexibility index (Phi) is 4.05. The molecule has 26 heavy (non-hydrogen) atoms. The van der Waals surface area contributed by atoms with Crippen LogP contribution in [0.15, 0.2) is 66.2 Å². The summed E-state index contributed by atoms with van der Waals surface area (Å²) in [6.07, 6.45) is 1.96. The van der Waals surface area contributed by atoms with Crippen LogP contribution in [-0.4, -0.2) is 22.8 Å². The van der Waals surface area contributed by atoms with E-state index in [2.05, 4.69) is 11.1 Å². The highest BCUT2D eigenvalue weighted by Gasteiger charge is 2.36. The van der Waals surface area contributed by atoms with Crippen LogP contribution in [0.2, 0.25) is 0 Å². The van der Waals surface area contributed by atoms with Gasteiger partial charge in [0.2, 0.25) is 0 Å². The zero-order valence-electron chi connectivity index (χ0n) is 14.1. The second-order valence-corrected chi connectivity index (χ2v) is 6.98. The third-order valence-corrected chi connectivity index (χ3v) is 5.13. The summed E-state index contributed by atoms with van der Waals surface area (Å²) in [5, 5.41) is 0.542. The summed E-state index contributed by atoms with van der Waals surface area (Å²) in [5.41, 5.74) is 2.64. The van der Waals surface area contributed by atoms with Gasteiger partial charge in [-0.15, -0.1) is 0 Å². The lowest BCUT2D eigenvalue weighted by atomic mass is 10.2. The molecule has 1 aliphatic rings. The Morgan fingerprint density at radius 2 is 1.92 bits per heavy atom. The van der Waals surface area contributed by atoms with Crippen molar-refractivity contribution in [1.29, 1.82) is 0 Å². The van der Waals surface area contributed by atoms with Gasteiger partial charge in [0.1, 0.15) is 5.75 Å². The van der Waals surface area contributed by atoms with E-state index in [-0.39, 0.29) is 16.1 Å². The second-order valence-electron chi connectivity index (χ2n) is 5.94. The maximum atomic E-state index is 12.3. The van der Waals surface area contributed by atoms with Crippen LogP contribution >= 0.6 is 11.8 Å². The molecule has 0 radical (unpaired) electrons. The van der Waals surface area contributed by atoms with Crippen LogP contribution in [0.25, 0.3) is 10.9 Å². The average Bonchev–Trinajstić information content (AvgIpc) is 3.16. The molecule has 2 amide bonds. The molecular weight excluding hydrogens is 348 g/mol. The maximum absolute atomic E-state index is 12.3. The molecule has 2 heterocycles. The molecule has 0 bridgehead atoms. The molecule has 1 aliphatic heterocycles. The Bertz CT molecular complexity index is 1050. The molecule has 4 rings (SSSR count). The molecule has 0 N–H and O–H groups in total. The summed E-state index contributed by atoms with van der Waals surface area (Å²) < 4.78 is 7.36. The minimum Gasteiger partial charge on any atom is -0.497 e. The Morgan fingerprint density at radius 3 is 2.65 bits per heavy atom. The monoisotopic (exact) mass is 364 g/mol. The molecule has 6 heteroatoms. The second kappa shape index (κ2) is 6.38. The van der Waals surface area contributed by atoms with Crippen molar-refractivity contribution < 1.29 is 14.3 Å². The van der Waals surface area contributed by atoms with Gasteiger partial charge < -0.3 is 9.30 Å². The van der Waals surface area contributed by atoms with Crippen molar-refractivity contribution in [3.05, 3.63) is 71.8 Å². The lowest BCUT2D eigenvalue weighted by Crippen LogP contribution is -2.27. The fourth-order valence-corrected chi connectivity index (χ4v) is 3.78. The Labute approximate surface area is 154 Å². The topological polar surface area (TPSA) is 51.5 Å². The van der Waals surface area contributed by atoms with Crippen LogP contribution in [0.1, 0.15) is 5.56 Å². The minimum atomic E-state index is -0.354. The van der Waals surface area contributed by atoms with Gasteiger partial charge in [-0.05, 0) is 47.7 Å². The number of aromatic nitrogens is 1. The number of thioether (sulfide) groups is 1. The number of amides is 2. The van der Waals surface area contributed by atoms with E-state index in [0.29, 0.717) is 12.2 Å². The summed E-state index contributed by atoms with van der Waals surface area (Å²) in [7, 11) is 1.65. The van der Waals surface area contributed by atoms with E-state index >= 15 is 0 Å². The first-order valence-corrected chi connectivity index (χ1v) is 8.86. The molecule has 1 aromatic heterocycles. The average molecular weight is 364 g/mol. The Morgan fingerprint density at radius 1 is 1.12 bits per heavy atom. The van der Waals surface area contributed by atoms with Gasteiger partial charge in [0.05, 0.1) is 23.2 Å². The molecule has 0 atom stereocenters. The lowest BCUT2D eigenvalue weighted by Gasteiger charge is -2.14. The van der Waals surface area contributed by atoms with Crippen molar-refractivity contribution in [2.75, 3.05) is 12.0 Å². The van der Waals surface area contributed by atoms with E-state index in [1.165, 1.54) is 4.90 Å². The number of rotatable bonds is 4. The van der Waals surface area contributed by atoms with Gasteiger partial charge in [-0.25, -0.2) is 4.90 Å². The number of ether oxygens (including phenoxy) is 1. The molecule has 0 saturated carbocycles. The van der Waals surface area contributed by atoms with E-state index in [0.717, 1.165) is 34.0 Å². The van der Waals surface area contributed by atoms with Gasteiger partial charge in [0, 0.05) is 18.1 Å². The van der Waals surface area contributed by atoms with E-state index in [9.17, 15) is 9.59 Å². The third-order valence-electron chi connectivity index (χ3n) is 4.35. The summed E-state index contributed by atoms with van der Waals surface area (Å²) in [6.45, 7) is 4.31. The van der Waals surface area contributed by atoms with Gasteiger partial charge in [0.25, 0.3) is 11.1 Å². The number of fused-ring (bicyclic) bond motifs is 1. The predicted octanol–water partition coefficient (Wildman–Crippen LogP) is 4.41. The predicted molar refractivity (Wildman–Crippen MR) is 104 cm³/mol. The van der Waals surface area contributed by atoms with Gasteiger partial charge in [-0.1, -0.05) is 24.8 Å². The summed E-state index contributed by atoms with van der Waals surface area (Å²) >= 11 is 0.876. The number of anilines is 1. The fourth-order valence-electron chi connectivity index (χ4n) is 3.12. The number of methoxy groups -OCH3 is 1. The van der Waals surface area contributed by atoms with E-state index < -0.39 is 0 Å². The van der Waals surface area contributed by atoms with Crippen molar-refractivity contribution >= 4 is 39.5 Å². The minimum absolute atomic E-state index is 0.253. The standard InChI is InChI=1S/C20H16N2O3S/c1-13-19(23)22(20(24)26-13)18-8-4-7-17-16(18)9-10-21(17)12-14-5-3-6-15(11-14)25-2/h3-11H,1,12H2,2H3. The van der Waals surface area contributed by atoms with Crippen molar-refractivity contribution in [2.45, 2.75) is 6.54 Å². The summed E-state index contributed by atoms with van der Waals surface area (Å²) in [5.74, 6) is 0.455. The molecule has 1 saturated heterocycles. The van der Waals surface area contributed by atoms with Crippen molar-refractivity contribution in [3.8, 4) is 5.75 Å². The SMILES string of the molecule is C=C1SC(=O)N(c2cccc3c2ccn3Cc2cccc(OC)c2)C1=O. The van der Waals surface area contributed by atoms with Crippen LogP contribution in [0.5, 0.6) is 5.75 Å². The molecule has 130 valence electrons. The lowest BCUT2D eigenvalue weighted by molar-refractivity contribution is -0.113. The van der Waals surface area contributed by atoms with Crippen LogP contribution in [-0.2, 0) is 11.3 Å². The van der Waals surface area contributed by atoms with Gasteiger partial charge in [0.15, 0.2) is 0 Å². The molecular formula is C20H16N2O3S. The van der Waals surface area contributed by atoms with E-state index in [1.54, 1.807) is 13.2 Å². The van der Waals surface area contributed by atoms with Gasteiger partial charge in [-0.2, -0.15) is 0 Å². The van der Waals surface area contributed by atoms with Crippen LogP contribution in [0, 0.1) is 0 Å². The van der Waals surface area contributed by atoms with Crippen molar-refractivity contribution in [1.82, 2.24) is 4.57 Å². The number of hydrogen-bond donors (Lipinski definition) is 0. The fraction of sp³-hybridized carbons (Fsp3) is 0.100. The number of hydrogen-bond acceptors (Lipinski definition) is 4. The zero-order valence-corrected chi connectivity index (χ0v) is 15.0. The number of carbonyl (C=O) groups excluding carboxylic acids is 2. The number of carbonyl (C=O) groups is 2. The number of benzene rings is 2. The van der Waals surface area contributed by atoms with Crippen molar-refractivity contribution in [2.24, 2.45) is 0 Å². The largest absolute Gasteiger partial charge is 0.497 e. The molecule has 3 aromatic rings. The zero-order chi connectivity index (χ0) is 18.3. The first kappa shape index (κ1) is 16.5.